The van der Waals surface area contributed by atoms with Gasteiger partial charge >= 0.3 is 5.97 Å². The highest BCUT2D eigenvalue weighted by atomic mass is 79.9. The Balaban J connectivity index is 2.20. The van der Waals surface area contributed by atoms with Crippen LogP contribution in [0.3, 0.4) is 0 Å². The SMILES string of the molecule is CC(C1=CC(=O)OC(C)(C)O1)C(O)c1ccc(Br)cc1. The topological polar surface area (TPSA) is 55.8 Å². The van der Waals surface area contributed by atoms with E-state index in [1.165, 1.54) is 6.08 Å². The number of aliphatic hydroxyl groups is 1. The van der Waals surface area contributed by atoms with E-state index in [0.29, 0.717) is 5.76 Å². The maximum atomic E-state index is 11.5. The first-order valence-electron chi connectivity index (χ1n) is 6.35. The minimum Gasteiger partial charge on any atom is -0.456 e. The van der Waals surface area contributed by atoms with Crippen molar-refractivity contribution < 1.29 is 19.4 Å². The molecule has 1 aromatic rings. The second-order valence-corrected chi connectivity index (χ2v) is 6.17. The van der Waals surface area contributed by atoms with Crippen molar-refractivity contribution in [2.75, 3.05) is 0 Å². The van der Waals surface area contributed by atoms with Gasteiger partial charge in [0, 0.05) is 24.2 Å². The Kier molecular flexibility index (Phi) is 4.20. The fourth-order valence-corrected chi connectivity index (χ4v) is 2.31. The third-order valence-corrected chi connectivity index (χ3v) is 3.63. The van der Waals surface area contributed by atoms with Crippen LogP contribution in [0.25, 0.3) is 0 Å². The molecule has 2 atom stereocenters. The zero-order chi connectivity index (χ0) is 14.9. The molecule has 4 nitrogen and oxygen atoms in total. The third kappa shape index (κ3) is 3.41. The molecule has 20 heavy (non-hydrogen) atoms. The predicted octanol–water partition coefficient (Wildman–Crippen LogP) is 3.31. The molecule has 0 bridgehead atoms. The normalized spacial score (nSPS) is 20.4. The summed E-state index contributed by atoms with van der Waals surface area (Å²) in [6.07, 6.45) is 0.536. The molecular weight excluding hydrogens is 324 g/mol. The number of halogens is 1. The molecule has 1 aliphatic rings. The maximum Gasteiger partial charge on any atom is 0.337 e. The van der Waals surface area contributed by atoms with Crippen LogP contribution in [0.1, 0.15) is 32.4 Å². The predicted molar refractivity (Wildman–Crippen MR) is 77.6 cm³/mol. The summed E-state index contributed by atoms with van der Waals surface area (Å²) in [6, 6.07) is 7.38. The molecule has 0 spiro atoms. The fraction of sp³-hybridized carbons (Fsp3) is 0.400. The van der Waals surface area contributed by atoms with Crippen LogP contribution >= 0.6 is 15.9 Å². The van der Waals surface area contributed by atoms with E-state index in [0.717, 1.165) is 10.0 Å². The first kappa shape index (κ1) is 15.1. The molecule has 0 saturated heterocycles. The molecule has 0 saturated carbocycles. The summed E-state index contributed by atoms with van der Waals surface area (Å²) in [7, 11) is 0. The van der Waals surface area contributed by atoms with Gasteiger partial charge in [-0.1, -0.05) is 35.0 Å². The van der Waals surface area contributed by atoms with Crippen molar-refractivity contribution in [2.45, 2.75) is 32.7 Å². The molecule has 2 unspecified atom stereocenters. The number of carbonyl (C=O) groups is 1. The largest absolute Gasteiger partial charge is 0.456 e. The molecule has 2 rings (SSSR count). The smallest absolute Gasteiger partial charge is 0.337 e. The summed E-state index contributed by atoms with van der Waals surface area (Å²) < 4.78 is 11.6. The second-order valence-electron chi connectivity index (χ2n) is 5.25. The van der Waals surface area contributed by atoms with Crippen LogP contribution < -0.4 is 0 Å². The molecule has 5 heteroatoms. The van der Waals surface area contributed by atoms with Crippen molar-refractivity contribution in [3.8, 4) is 0 Å². The quantitative estimate of drug-likeness (QED) is 0.857. The molecule has 1 aromatic carbocycles. The molecular formula is C15H17BrO4. The standard InChI is InChI=1S/C15H17BrO4/c1-9(12-8-13(17)20-15(2,3)19-12)14(18)10-4-6-11(16)7-5-10/h4-9,14,18H,1-3H3. The van der Waals surface area contributed by atoms with Gasteiger partial charge in [0.15, 0.2) is 0 Å². The zero-order valence-corrected chi connectivity index (χ0v) is 13.2. The van der Waals surface area contributed by atoms with Gasteiger partial charge in [-0.2, -0.15) is 0 Å². The van der Waals surface area contributed by atoms with Crippen molar-refractivity contribution in [1.82, 2.24) is 0 Å². The van der Waals surface area contributed by atoms with Gasteiger partial charge in [0.1, 0.15) is 5.76 Å². The summed E-state index contributed by atoms with van der Waals surface area (Å²) >= 11 is 3.35. The van der Waals surface area contributed by atoms with Crippen LogP contribution in [0.2, 0.25) is 0 Å². The Morgan fingerprint density at radius 1 is 1.20 bits per heavy atom. The highest BCUT2D eigenvalue weighted by molar-refractivity contribution is 9.10. The first-order chi connectivity index (χ1) is 9.28. The van der Waals surface area contributed by atoms with Gasteiger partial charge in [-0.25, -0.2) is 4.79 Å². The van der Waals surface area contributed by atoms with Crippen LogP contribution in [-0.2, 0) is 14.3 Å². The Labute approximate surface area is 126 Å². The van der Waals surface area contributed by atoms with E-state index < -0.39 is 17.9 Å². The number of benzene rings is 1. The molecule has 1 heterocycles. The van der Waals surface area contributed by atoms with Gasteiger partial charge in [0.2, 0.25) is 5.79 Å². The van der Waals surface area contributed by atoms with Crippen molar-refractivity contribution >= 4 is 21.9 Å². The van der Waals surface area contributed by atoms with Crippen LogP contribution in [0.4, 0.5) is 0 Å². The van der Waals surface area contributed by atoms with E-state index in [9.17, 15) is 9.90 Å². The number of rotatable bonds is 3. The van der Waals surface area contributed by atoms with Crippen LogP contribution in [0.5, 0.6) is 0 Å². The summed E-state index contributed by atoms with van der Waals surface area (Å²) in [5.74, 6) is -1.37. The third-order valence-electron chi connectivity index (χ3n) is 3.10. The second kappa shape index (κ2) is 5.58. The number of esters is 1. The Hall–Kier alpha value is -1.33. The van der Waals surface area contributed by atoms with Gasteiger partial charge in [-0.15, -0.1) is 0 Å². The average molecular weight is 341 g/mol. The lowest BCUT2D eigenvalue weighted by atomic mass is 9.95. The minimum absolute atomic E-state index is 0.344. The van der Waals surface area contributed by atoms with E-state index in [-0.39, 0.29) is 5.92 Å². The van der Waals surface area contributed by atoms with Crippen LogP contribution in [-0.4, -0.2) is 16.9 Å². The summed E-state index contributed by atoms with van der Waals surface area (Å²) in [5.41, 5.74) is 0.766. The van der Waals surface area contributed by atoms with Gasteiger partial charge < -0.3 is 14.6 Å². The summed E-state index contributed by atoms with van der Waals surface area (Å²) in [4.78, 5) is 11.5. The lowest BCUT2D eigenvalue weighted by Gasteiger charge is -2.34. The van der Waals surface area contributed by atoms with E-state index >= 15 is 0 Å². The van der Waals surface area contributed by atoms with E-state index in [1.54, 1.807) is 13.8 Å². The van der Waals surface area contributed by atoms with Gasteiger partial charge in [-0.3, -0.25) is 0 Å². The summed E-state index contributed by atoms with van der Waals surface area (Å²) in [5, 5.41) is 10.4. The molecule has 1 aliphatic heterocycles. The van der Waals surface area contributed by atoms with Crippen LogP contribution in [0.15, 0.2) is 40.6 Å². The number of cyclic esters (lactones) is 1. The highest BCUT2D eigenvalue weighted by Gasteiger charge is 2.34. The van der Waals surface area contributed by atoms with Gasteiger partial charge in [0.25, 0.3) is 0 Å². The molecule has 0 amide bonds. The molecule has 0 aliphatic carbocycles. The zero-order valence-electron chi connectivity index (χ0n) is 11.6. The highest BCUT2D eigenvalue weighted by Crippen LogP contribution is 2.33. The maximum absolute atomic E-state index is 11.5. The molecule has 0 aromatic heterocycles. The Morgan fingerprint density at radius 2 is 1.80 bits per heavy atom. The average Bonchev–Trinajstić information content (AvgIpc) is 2.35. The van der Waals surface area contributed by atoms with Gasteiger partial charge in [0.05, 0.1) is 12.2 Å². The lowest BCUT2D eigenvalue weighted by Crippen LogP contribution is -2.36. The first-order valence-corrected chi connectivity index (χ1v) is 7.15. The number of hydrogen-bond acceptors (Lipinski definition) is 4. The molecule has 1 N–H and O–H groups in total. The monoisotopic (exact) mass is 340 g/mol. The van der Waals surface area contributed by atoms with Gasteiger partial charge in [-0.05, 0) is 17.7 Å². The van der Waals surface area contributed by atoms with Crippen molar-refractivity contribution in [3.63, 3.8) is 0 Å². The van der Waals surface area contributed by atoms with E-state index in [2.05, 4.69) is 15.9 Å². The molecule has 0 radical (unpaired) electrons. The van der Waals surface area contributed by atoms with Crippen molar-refractivity contribution in [1.29, 1.82) is 0 Å². The molecule has 108 valence electrons. The summed E-state index contributed by atoms with van der Waals surface area (Å²) in [6.45, 7) is 5.14. The Morgan fingerprint density at radius 3 is 2.35 bits per heavy atom. The van der Waals surface area contributed by atoms with Crippen LogP contribution in [0, 0.1) is 5.92 Å². The number of hydrogen-bond donors (Lipinski definition) is 1. The van der Waals surface area contributed by atoms with E-state index in [4.69, 9.17) is 9.47 Å². The number of aliphatic hydroxyl groups excluding tert-OH is 1. The lowest BCUT2D eigenvalue weighted by molar-refractivity contribution is -0.209. The van der Waals surface area contributed by atoms with Crippen molar-refractivity contribution in [3.05, 3.63) is 46.1 Å². The number of carbonyl (C=O) groups excluding carboxylic acids is 1. The minimum atomic E-state index is -1.01. The fourth-order valence-electron chi connectivity index (χ4n) is 2.05. The Bertz CT molecular complexity index is 533. The van der Waals surface area contributed by atoms with Crippen molar-refractivity contribution in [2.24, 2.45) is 5.92 Å². The number of ether oxygens (including phenoxy) is 2. The molecule has 0 fully saturated rings. The van der Waals surface area contributed by atoms with E-state index in [1.807, 2.05) is 31.2 Å².